The lowest BCUT2D eigenvalue weighted by atomic mass is 10.0. The van der Waals surface area contributed by atoms with Gasteiger partial charge in [0.15, 0.2) is 0 Å². The number of piperidine rings is 1. The number of hydrogen-bond acceptors (Lipinski definition) is 1. The molecule has 1 unspecified atom stereocenters. The predicted molar refractivity (Wildman–Crippen MR) is 92.9 cm³/mol. The van der Waals surface area contributed by atoms with E-state index < -0.39 is 11.7 Å². The molecule has 1 atom stereocenters. The Kier molecular flexibility index (Phi) is 5.45. The van der Waals surface area contributed by atoms with Gasteiger partial charge in [0.25, 0.3) is 0 Å². The Labute approximate surface area is 146 Å². The van der Waals surface area contributed by atoms with E-state index in [9.17, 15) is 13.2 Å². The van der Waals surface area contributed by atoms with Crippen molar-refractivity contribution in [2.75, 3.05) is 13.1 Å². The van der Waals surface area contributed by atoms with E-state index in [1.807, 2.05) is 18.2 Å². The van der Waals surface area contributed by atoms with Crippen molar-refractivity contribution in [2.45, 2.75) is 31.5 Å². The highest BCUT2D eigenvalue weighted by atomic mass is 19.4. The van der Waals surface area contributed by atoms with Gasteiger partial charge < -0.3 is 0 Å². The molecule has 0 amide bonds. The largest absolute Gasteiger partial charge is 0.416 e. The molecule has 1 heterocycles. The lowest BCUT2D eigenvalue weighted by Gasteiger charge is -2.31. The van der Waals surface area contributed by atoms with Crippen molar-refractivity contribution in [3.8, 4) is 11.8 Å². The molecule has 2 aromatic carbocycles. The van der Waals surface area contributed by atoms with E-state index in [1.165, 1.54) is 18.6 Å². The molecule has 3 rings (SSSR count). The number of halogens is 3. The van der Waals surface area contributed by atoms with E-state index >= 15 is 0 Å². The SMILES string of the molecule is FC(F)(F)c1ccc(C#CC(c2ccccc2)N2CCCCC2)cc1. The second-order valence-corrected chi connectivity index (χ2v) is 6.25. The number of nitrogens with zero attached hydrogens (tertiary/aromatic N) is 1. The van der Waals surface area contributed by atoms with Crippen LogP contribution < -0.4 is 0 Å². The quantitative estimate of drug-likeness (QED) is 0.670. The molecule has 1 saturated heterocycles. The Morgan fingerprint density at radius 3 is 2.08 bits per heavy atom. The molecular weight excluding hydrogens is 323 g/mol. The first kappa shape index (κ1) is 17.6. The van der Waals surface area contributed by atoms with Crippen LogP contribution in [0.15, 0.2) is 54.6 Å². The van der Waals surface area contributed by atoms with Crippen molar-refractivity contribution in [1.82, 2.24) is 4.90 Å². The van der Waals surface area contributed by atoms with Crippen LogP contribution in [0.2, 0.25) is 0 Å². The maximum absolute atomic E-state index is 12.7. The molecule has 0 aromatic heterocycles. The van der Waals surface area contributed by atoms with Crippen LogP contribution in [0.3, 0.4) is 0 Å². The molecule has 2 aromatic rings. The third kappa shape index (κ3) is 4.64. The second-order valence-electron chi connectivity index (χ2n) is 6.25. The first-order valence-electron chi connectivity index (χ1n) is 8.52. The molecule has 4 heteroatoms. The highest BCUT2D eigenvalue weighted by molar-refractivity contribution is 5.39. The zero-order chi connectivity index (χ0) is 17.7. The van der Waals surface area contributed by atoms with Crippen molar-refractivity contribution in [3.05, 3.63) is 71.3 Å². The van der Waals surface area contributed by atoms with Crippen LogP contribution in [0.5, 0.6) is 0 Å². The van der Waals surface area contributed by atoms with Gasteiger partial charge in [0, 0.05) is 5.56 Å². The zero-order valence-electron chi connectivity index (χ0n) is 13.9. The highest BCUT2D eigenvalue weighted by Crippen LogP contribution is 2.29. The average molecular weight is 343 g/mol. The highest BCUT2D eigenvalue weighted by Gasteiger charge is 2.29. The van der Waals surface area contributed by atoms with Crippen molar-refractivity contribution < 1.29 is 13.2 Å². The lowest BCUT2D eigenvalue weighted by molar-refractivity contribution is -0.137. The fourth-order valence-electron chi connectivity index (χ4n) is 3.09. The van der Waals surface area contributed by atoms with Gasteiger partial charge in [-0.3, -0.25) is 4.90 Å². The molecule has 0 aliphatic carbocycles. The Hall–Kier alpha value is -2.25. The summed E-state index contributed by atoms with van der Waals surface area (Å²) in [6.07, 6.45) is -0.757. The lowest BCUT2D eigenvalue weighted by Crippen LogP contribution is -2.33. The summed E-state index contributed by atoms with van der Waals surface area (Å²) in [5.41, 5.74) is 1.09. The minimum atomic E-state index is -4.31. The molecule has 0 bridgehead atoms. The minimum Gasteiger partial charge on any atom is -0.286 e. The van der Waals surface area contributed by atoms with Gasteiger partial charge in [-0.2, -0.15) is 13.2 Å². The van der Waals surface area contributed by atoms with Gasteiger partial charge in [-0.1, -0.05) is 48.6 Å². The summed E-state index contributed by atoms with van der Waals surface area (Å²) in [5.74, 6) is 6.34. The van der Waals surface area contributed by atoms with Crippen molar-refractivity contribution in [3.63, 3.8) is 0 Å². The third-order valence-corrected chi connectivity index (χ3v) is 4.44. The van der Waals surface area contributed by atoms with Gasteiger partial charge in [0.05, 0.1) is 11.6 Å². The Morgan fingerprint density at radius 2 is 1.48 bits per heavy atom. The summed E-state index contributed by atoms with van der Waals surface area (Å²) in [6, 6.07) is 15.1. The van der Waals surface area contributed by atoms with Crippen LogP contribution in [0, 0.1) is 11.8 Å². The number of alkyl halides is 3. The summed E-state index contributed by atoms with van der Waals surface area (Å²) < 4.78 is 38.0. The first-order valence-corrected chi connectivity index (χ1v) is 8.52. The standard InChI is InChI=1S/C21H20F3N/c22-21(23,24)19-12-9-17(10-13-19)11-14-20(18-7-3-1-4-8-18)25-15-5-2-6-16-25/h1,3-4,7-10,12-13,20H,2,5-6,15-16H2. The van der Waals surface area contributed by atoms with E-state index in [0.717, 1.165) is 43.6 Å². The van der Waals surface area contributed by atoms with Gasteiger partial charge in [0.2, 0.25) is 0 Å². The Bertz CT molecular complexity index is 733. The van der Waals surface area contributed by atoms with Crippen molar-refractivity contribution in [2.24, 2.45) is 0 Å². The van der Waals surface area contributed by atoms with E-state index in [2.05, 4.69) is 28.9 Å². The maximum atomic E-state index is 12.7. The number of benzene rings is 2. The molecular formula is C21H20F3N. The average Bonchev–Trinajstić information content (AvgIpc) is 2.63. The summed E-state index contributed by atoms with van der Waals surface area (Å²) >= 11 is 0. The van der Waals surface area contributed by atoms with Crippen LogP contribution in [0.1, 0.15) is 42.0 Å². The monoisotopic (exact) mass is 343 g/mol. The molecule has 0 saturated carbocycles. The third-order valence-electron chi connectivity index (χ3n) is 4.44. The predicted octanol–water partition coefficient (Wildman–Crippen LogP) is 5.28. The van der Waals surface area contributed by atoms with Gasteiger partial charge in [0.1, 0.15) is 0 Å². The maximum Gasteiger partial charge on any atom is 0.416 e. The van der Waals surface area contributed by atoms with E-state index in [0.29, 0.717) is 5.56 Å². The fraction of sp³-hybridized carbons (Fsp3) is 0.333. The Morgan fingerprint density at radius 1 is 0.840 bits per heavy atom. The fourth-order valence-corrected chi connectivity index (χ4v) is 3.09. The molecule has 1 aliphatic heterocycles. The van der Waals surface area contributed by atoms with E-state index in [1.54, 1.807) is 0 Å². The molecule has 1 nitrogen and oxygen atoms in total. The molecule has 1 fully saturated rings. The molecule has 1 aliphatic rings. The van der Waals surface area contributed by atoms with Gasteiger partial charge in [-0.15, -0.1) is 0 Å². The molecule has 130 valence electrons. The van der Waals surface area contributed by atoms with Gasteiger partial charge in [-0.05, 0) is 55.8 Å². The Balaban J connectivity index is 1.84. The molecule has 25 heavy (non-hydrogen) atoms. The smallest absolute Gasteiger partial charge is 0.286 e. The number of rotatable bonds is 2. The van der Waals surface area contributed by atoms with Crippen molar-refractivity contribution >= 4 is 0 Å². The summed E-state index contributed by atoms with van der Waals surface area (Å²) in [7, 11) is 0. The molecule has 0 radical (unpaired) electrons. The topological polar surface area (TPSA) is 3.24 Å². The summed E-state index contributed by atoms with van der Waals surface area (Å²) in [4.78, 5) is 2.36. The normalized spacial score (nSPS) is 16.8. The van der Waals surface area contributed by atoms with Crippen LogP contribution in [0.4, 0.5) is 13.2 Å². The molecule has 0 spiro atoms. The van der Waals surface area contributed by atoms with Crippen LogP contribution >= 0.6 is 0 Å². The van der Waals surface area contributed by atoms with E-state index in [-0.39, 0.29) is 6.04 Å². The van der Waals surface area contributed by atoms with Gasteiger partial charge in [-0.25, -0.2) is 0 Å². The summed E-state index contributed by atoms with van der Waals surface area (Å²) in [5, 5.41) is 0. The van der Waals surface area contributed by atoms with Crippen LogP contribution in [-0.2, 0) is 6.18 Å². The van der Waals surface area contributed by atoms with Crippen molar-refractivity contribution in [1.29, 1.82) is 0 Å². The summed E-state index contributed by atoms with van der Waals surface area (Å²) in [6.45, 7) is 2.00. The number of hydrogen-bond donors (Lipinski definition) is 0. The van der Waals surface area contributed by atoms with Gasteiger partial charge >= 0.3 is 6.18 Å². The zero-order valence-corrected chi connectivity index (χ0v) is 13.9. The first-order chi connectivity index (χ1) is 12.0. The van der Waals surface area contributed by atoms with Crippen LogP contribution in [0.25, 0.3) is 0 Å². The second kappa shape index (κ2) is 7.76. The van der Waals surface area contributed by atoms with Crippen LogP contribution in [-0.4, -0.2) is 18.0 Å². The van der Waals surface area contributed by atoms with E-state index in [4.69, 9.17) is 0 Å². The molecule has 0 N–H and O–H groups in total. The number of likely N-dealkylation sites (tertiary alicyclic amines) is 1. The minimum absolute atomic E-state index is 0.0243.